The highest BCUT2D eigenvalue weighted by molar-refractivity contribution is 5.97. The molecule has 31 heavy (non-hydrogen) atoms. The second-order valence-electron chi connectivity index (χ2n) is 9.12. The van der Waals surface area contributed by atoms with Crippen LogP contribution in [0.2, 0.25) is 0 Å². The smallest absolute Gasteiger partial charge is 0.257 e. The van der Waals surface area contributed by atoms with Crippen LogP contribution >= 0.6 is 0 Å². The first-order valence-electron chi connectivity index (χ1n) is 11.6. The molecule has 5 rings (SSSR count). The molecule has 0 radical (unpaired) electrons. The zero-order valence-corrected chi connectivity index (χ0v) is 18.3. The molecule has 4 heterocycles. The van der Waals surface area contributed by atoms with Crippen molar-refractivity contribution in [3.63, 3.8) is 0 Å². The number of rotatable bonds is 5. The van der Waals surface area contributed by atoms with Crippen LogP contribution in [0.3, 0.4) is 0 Å². The lowest BCUT2D eigenvalue weighted by atomic mass is 9.82. The molecule has 0 aliphatic carbocycles. The number of hydrogen-bond acceptors (Lipinski definition) is 4. The number of amides is 1. The van der Waals surface area contributed by atoms with Crippen molar-refractivity contribution in [2.75, 3.05) is 32.8 Å². The fraction of sp³-hybridized carbons (Fsp3) is 0.520. The highest BCUT2D eigenvalue weighted by atomic mass is 16.5. The average molecular weight is 422 g/mol. The molecule has 0 spiro atoms. The summed E-state index contributed by atoms with van der Waals surface area (Å²) < 4.78 is 7.69. The number of hydrogen-bond donors (Lipinski definition) is 0. The Hall–Kier alpha value is -2.60. The molecule has 3 aliphatic heterocycles. The summed E-state index contributed by atoms with van der Waals surface area (Å²) in [5, 5.41) is 0. The molecule has 2 bridgehead atoms. The first-order chi connectivity index (χ1) is 15.1. The van der Waals surface area contributed by atoms with Crippen LogP contribution in [-0.2, 0) is 13.1 Å². The molecule has 0 N–H and O–H groups in total. The van der Waals surface area contributed by atoms with Gasteiger partial charge in [-0.25, -0.2) is 0 Å². The Balaban J connectivity index is 1.38. The minimum absolute atomic E-state index is 0.0280. The van der Waals surface area contributed by atoms with Crippen molar-refractivity contribution in [1.29, 1.82) is 0 Å². The molecule has 6 heteroatoms. The average Bonchev–Trinajstić information content (AvgIpc) is 3.29. The van der Waals surface area contributed by atoms with E-state index in [-0.39, 0.29) is 17.4 Å². The van der Waals surface area contributed by atoms with Gasteiger partial charge in [0.05, 0.1) is 12.2 Å². The van der Waals surface area contributed by atoms with Gasteiger partial charge in [0.1, 0.15) is 5.75 Å². The van der Waals surface area contributed by atoms with E-state index in [0.717, 1.165) is 37.3 Å². The largest absolute Gasteiger partial charge is 0.493 e. The number of carbonyl (C=O) groups excluding carboxylic acids is 1. The molecule has 0 unspecified atom stereocenters. The van der Waals surface area contributed by atoms with Crippen LogP contribution in [0.15, 0.2) is 41.2 Å². The van der Waals surface area contributed by atoms with E-state index >= 15 is 0 Å². The van der Waals surface area contributed by atoms with Crippen molar-refractivity contribution in [3.05, 3.63) is 63.6 Å². The van der Waals surface area contributed by atoms with Gasteiger partial charge in [0, 0.05) is 43.4 Å². The summed E-state index contributed by atoms with van der Waals surface area (Å²) in [6, 6.07) is 11.7. The highest BCUT2D eigenvalue weighted by Gasteiger charge is 2.37. The number of pyridine rings is 1. The van der Waals surface area contributed by atoms with Crippen LogP contribution in [-0.4, -0.2) is 53.1 Å². The predicted octanol–water partition coefficient (Wildman–Crippen LogP) is 3.10. The first-order valence-corrected chi connectivity index (χ1v) is 11.6. The number of nitrogens with zero attached hydrogens (tertiary/aromatic N) is 3. The van der Waals surface area contributed by atoms with Crippen molar-refractivity contribution in [3.8, 4) is 5.75 Å². The van der Waals surface area contributed by atoms with E-state index in [2.05, 4.69) is 11.0 Å². The van der Waals surface area contributed by atoms with E-state index in [0.29, 0.717) is 43.5 Å². The Bertz CT molecular complexity index is 1020. The van der Waals surface area contributed by atoms with Gasteiger partial charge in [-0.15, -0.1) is 0 Å². The third kappa shape index (κ3) is 3.89. The number of benzene rings is 1. The number of carbonyl (C=O) groups is 1. The van der Waals surface area contributed by atoms with Gasteiger partial charge < -0.3 is 14.2 Å². The van der Waals surface area contributed by atoms with E-state index < -0.39 is 0 Å². The molecule has 2 fully saturated rings. The molecule has 1 aromatic carbocycles. The topological polar surface area (TPSA) is 54.8 Å². The lowest BCUT2D eigenvalue weighted by Crippen LogP contribution is -2.49. The summed E-state index contributed by atoms with van der Waals surface area (Å²) in [5.74, 6) is 1.20. The SMILES string of the molecule is CCOc1ccccc1C(=O)N1C[C@@H]2C[C@H](C1)c1ccc(CN3CCCC3)c(=O)n1C2. The zero-order chi connectivity index (χ0) is 21.4. The summed E-state index contributed by atoms with van der Waals surface area (Å²) in [7, 11) is 0. The van der Waals surface area contributed by atoms with Crippen molar-refractivity contribution in [2.45, 2.75) is 45.2 Å². The first kappa shape index (κ1) is 20.3. The van der Waals surface area contributed by atoms with Gasteiger partial charge in [-0.05, 0) is 63.4 Å². The van der Waals surface area contributed by atoms with Crippen LogP contribution in [0.4, 0.5) is 0 Å². The van der Waals surface area contributed by atoms with Gasteiger partial charge in [-0.2, -0.15) is 0 Å². The van der Waals surface area contributed by atoms with Crippen molar-refractivity contribution in [2.24, 2.45) is 5.92 Å². The monoisotopic (exact) mass is 421 g/mol. The molecule has 1 amide bonds. The van der Waals surface area contributed by atoms with Gasteiger partial charge in [0.25, 0.3) is 11.5 Å². The fourth-order valence-electron chi connectivity index (χ4n) is 5.55. The van der Waals surface area contributed by atoms with E-state index in [4.69, 9.17) is 4.74 Å². The van der Waals surface area contributed by atoms with Crippen LogP contribution in [0, 0.1) is 5.92 Å². The highest BCUT2D eigenvalue weighted by Crippen LogP contribution is 2.36. The maximum atomic E-state index is 13.3. The molecule has 2 saturated heterocycles. The molecule has 6 nitrogen and oxygen atoms in total. The summed E-state index contributed by atoms with van der Waals surface area (Å²) in [5.41, 5.74) is 2.79. The summed E-state index contributed by atoms with van der Waals surface area (Å²) in [4.78, 5) is 30.9. The van der Waals surface area contributed by atoms with Gasteiger partial charge in [-0.3, -0.25) is 14.5 Å². The molecule has 3 aliphatic rings. The molecule has 1 aromatic heterocycles. The normalized spacial score (nSPS) is 22.9. The van der Waals surface area contributed by atoms with Crippen LogP contribution in [0.5, 0.6) is 5.75 Å². The number of likely N-dealkylation sites (tertiary alicyclic amines) is 2. The van der Waals surface area contributed by atoms with E-state index in [9.17, 15) is 9.59 Å². The third-order valence-corrected chi connectivity index (χ3v) is 6.98. The summed E-state index contributed by atoms with van der Waals surface area (Å²) in [6.45, 7) is 7.45. The van der Waals surface area contributed by atoms with Crippen LogP contribution in [0.1, 0.15) is 53.7 Å². The Kier molecular flexibility index (Phi) is 5.57. The number of aromatic nitrogens is 1. The van der Waals surface area contributed by atoms with Crippen LogP contribution < -0.4 is 10.3 Å². The minimum atomic E-state index is 0.0280. The van der Waals surface area contributed by atoms with Crippen molar-refractivity contribution in [1.82, 2.24) is 14.4 Å². The van der Waals surface area contributed by atoms with Gasteiger partial charge >= 0.3 is 0 Å². The second kappa shape index (κ2) is 8.50. The van der Waals surface area contributed by atoms with E-state index in [1.54, 1.807) is 0 Å². The molecule has 164 valence electrons. The number of fused-ring (bicyclic) bond motifs is 4. The van der Waals surface area contributed by atoms with Gasteiger partial charge in [0.2, 0.25) is 0 Å². The molecule has 0 saturated carbocycles. The minimum Gasteiger partial charge on any atom is -0.493 e. The van der Waals surface area contributed by atoms with Gasteiger partial charge in [-0.1, -0.05) is 18.2 Å². The van der Waals surface area contributed by atoms with Crippen molar-refractivity contribution < 1.29 is 9.53 Å². The number of para-hydroxylation sites is 1. The quantitative estimate of drug-likeness (QED) is 0.745. The Morgan fingerprint density at radius 2 is 1.87 bits per heavy atom. The second-order valence-corrected chi connectivity index (χ2v) is 9.12. The lowest BCUT2D eigenvalue weighted by molar-refractivity contribution is 0.0590. The molecular formula is C25H31N3O3. The van der Waals surface area contributed by atoms with Gasteiger partial charge in [0.15, 0.2) is 0 Å². The summed E-state index contributed by atoms with van der Waals surface area (Å²) >= 11 is 0. The lowest BCUT2D eigenvalue weighted by Gasteiger charge is -2.43. The van der Waals surface area contributed by atoms with Crippen molar-refractivity contribution >= 4 is 5.91 Å². The maximum absolute atomic E-state index is 13.3. The third-order valence-electron chi connectivity index (χ3n) is 6.98. The molecular weight excluding hydrogens is 390 g/mol. The Labute approximate surface area is 183 Å². The number of ether oxygens (including phenoxy) is 1. The van der Waals surface area contributed by atoms with E-state index in [1.165, 1.54) is 12.8 Å². The molecule has 2 aromatic rings. The maximum Gasteiger partial charge on any atom is 0.257 e. The predicted molar refractivity (Wildman–Crippen MR) is 120 cm³/mol. The van der Waals surface area contributed by atoms with E-state index in [1.807, 2.05) is 46.7 Å². The van der Waals surface area contributed by atoms with Crippen LogP contribution in [0.25, 0.3) is 0 Å². The zero-order valence-electron chi connectivity index (χ0n) is 18.3. The Morgan fingerprint density at radius 1 is 1.06 bits per heavy atom. The summed E-state index contributed by atoms with van der Waals surface area (Å²) in [6.07, 6.45) is 3.50. The fourth-order valence-corrected chi connectivity index (χ4v) is 5.55. The molecule has 2 atom stereocenters. The Morgan fingerprint density at radius 3 is 2.68 bits per heavy atom. The number of piperidine rings is 1. The standard InChI is InChI=1S/C25H31N3O3/c1-2-31-23-8-4-3-7-21(23)25(30)27-14-18-13-20(17-27)22-10-9-19(24(29)28(22)15-18)16-26-11-5-6-12-26/h3-4,7-10,18,20H,2,5-6,11-17H2,1H3/t18-,20+/m0/s1.